The highest BCUT2D eigenvalue weighted by atomic mass is 35.5. The van der Waals surface area contributed by atoms with E-state index in [2.05, 4.69) is 5.32 Å². The number of carbonyl (C=O) groups is 3. The summed E-state index contributed by atoms with van der Waals surface area (Å²) in [5, 5.41) is 3.09. The quantitative estimate of drug-likeness (QED) is 0.817. The van der Waals surface area contributed by atoms with E-state index in [1.54, 1.807) is 53.4 Å². The van der Waals surface area contributed by atoms with Crippen LogP contribution < -0.4 is 10.2 Å². The van der Waals surface area contributed by atoms with Crippen molar-refractivity contribution >= 4 is 40.8 Å². The van der Waals surface area contributed by atoms with Crippen LogP contribution >= 0.6 is 11.6 Å². The van der Waals surface area contributed by atoms with Crippen molar-refractivity contribution in [3.8, 4) is 0 Å². The number of anilines is 2. The summed E-state index contributed by atoms with van der Waals surface area (Å²) < 4.78 is 5.05. The maximum absolute atomic E-state index is 12.2. The van der Waals surface area contributed by atoms with Crippen LogP contribution in [0.3, 0.4) is 0 Å². The lowest BCUT2D eigenvalue weighted by atomic mass is 10.2. The molecule has 0 radical (unpaired) electrons. The molecule has 0 saturated carbocycles. The Bertz CT molecular complexity index is 853. The van der Waals surface area contributed by atoms with Crippen molar-refractivity contribution in [3.63, 3.8) is 0 Å². The van der Waals surface area contributed by atoms with Crippen molar-refractivity contribution in [2.24, 2.45) is 0 Å². The molecule has 1 N–H and O–H groups in total. The van der Waals surface area contributed by atoms with E-state index in [1.165, 1.54) is 0 Å². The summed E-state index contributed by atoms with van der Waals surface area (Å²) in [5.41, 5.74) is 1.47. The van der Waals surface area contributed by atoms with Crippen LogP contribution in [0.5, 0.6) is 0 Å². The van der Waals surface area contributed by atoms with Crippen LogP contribution in [0.1, 0.15) is 23.2 Å². The molecule has 1 heterocycles. The zero-order valence-corrected chi connectivity index (χ0v) is 14.7. The van der Waals surface area contributed by atoms with E-state index in [4.69, 9.17) is 16.3 Å². The predicted molar refractivity (Wildman–Crippen MR) is 98.4 cm³/mol. The fraction of sp³-hybridized carbons (Fsp3) is 0.211. The third-order valence-corrected chi connectivity index (χ3v) is 4.14. The van der Waals surface area contributed by atoms with Crippen molar-refractivity contribution < 1.29 is 19.1 Å². The van der Waals surface area contributed by atoms with Gasteiger partial charge in [-0.3, -0.25) is 9.59 Å². The van der Waals surface area contributed by atoms with Crippen LogP contribution in [0.25, 0.3) is 0 Å². The topological polar surface area (TPSA) is 75.7 Å². The first-order valence-electron chi connectivity index (χ1n) is 8.16. The molecule has 0 unspecified atom stereocenters. The number of esters is 1. The standard InChI is InChI=1S/C19H17ClN2O4/c20-14-5-2-6-15(11-14)21-17(23)12-26-19(25)13-4-1-7-16(10-13)22-9-3-8-18(22)24/h1-2,4-7,10-11H,3,8-9,12H2,(H,21,23). The van der Waals surface area contributed by atoms with Crippen LogP contribution in [0.15, 0.2) is 48.5 Å². The summed E-state index contributed by atoms with van der Waals surface area (Å²) in [7, 11) is 0. The van der Waals surface area contributed by atoms with Crippen LogP contribution in [0, 0.1) is 0 Å². The molecule has 7 heteroatoms. The van der Waals surface area contributed by atoms with Crippen molar-refractivity contribution in [2.45, 2.75) is 12.8 Å². The van der Waals surface area contributed by atoms with Gasteiger partial charge >= 0.3 is 5.97 Å². The van der Waals surface area contributed by atoms with E-state index in [1.807, 2.05) is 0 Å². The molecule has 134 valence electrons. The summed E-state index contributed by atoms with van der Waals surface area (Å²) in [6, 6.07) is 13.3. The van der Waals surface area contributed by atoms with Gasteiger partial charge in [-0.25, -0.2) is 4.79 Å². The average Bonchev–Trinajstić information content (AvgIpc) is 3.06. The van der Waals surface area contributed by atoms with Gasteiger partial charge in [0.25, 0.3) is 5.91 Å². The van der Waals surface area contributed by atoms with Crippen LogP contribution in [0.4, 0.5) is 11.4 Å². The van der Waals surface area contributed by atoms with Gasteiger partial charge in [-0.15, -0.1) is 0 Å². The normalized spacial score (nSPS) is 13.6. The molecule has 0 aromatic heterocycles. The Kier molecular flexibility index (Phi) is 5.53. The Hall–Kier alpha value is -2.86. The molecule has 3 rings (SSSR count). The molecule has 26 heavy (non-hydrogen) atoms. The van der Waals surface area contributed by atoms with Gasteiger partial charge in [0.1, 0.15) is 0 Å². The Morgan fingerprint density at radius 1 is 1.15 bits per heavy atom. The monoisotopic (exact) mass is 372 g/mol. The van der Waals surface area contributed by atoms with Crippen molar-refractivity contribution in [2.75, 3.05) is 23.4 Å². The third-order valence-electron chi connectivity index (χ3n) is 3.91. The van der Waals surface area contributed by atoms with Gasteiger partial charge in [0, 0.05) is 29.4 Å². The molecule has 0 bridgehead atoms. The van der Waals surface area contributed by atoms with Gasteiger partial charge in [-0.1, -0.05) is 23.7 Å². The number of rotatable bonds is 5. The van der Waals surface area contributed by atoms with Crippen molar-refractivity contribution in [1.29, 1.82) is 0 Å². The van der Waals surface area contributed by atoms with Gasteiger partial charge < -0.3 is 15.0 Å². The Morgan fingerprint density at radius 2 is 1.96 bits per heavy atom. The number of carbonyl (C=O) groups excluding carboxylic acids is 3. The molecule has 2 aromatic rings. The number of benzene rings is 2. The number of ether oxygens (including phenoxy) is 1. The number of nitrogens with one attached hydrogen (secondary N) is 1. The van der Waals surface area contributed by atoms with E-state index >= 15 is 0 Å². The van der Waals surface area contributed by atoms with Gasteiger partial charge in [0.15, 0.2) is 6.61 Å². The van der Waals surface area contributed by atoms with Gasteiger partial charge in [-0.2, -0.15) is 0 Å². The number of hydrogen-bond donors (Lipinski definition) is 1. The lowest BCUT2D eigenvalue weighted by Gasteiger charge is -2.16. The first-order valence-corrected chi connectivity index (χ1v) is 8.54. The Morgan fingerprint density at radius 3 is 2.69 bits per heavy atom. The number of amides is 2. The maximum Gasteiger partial charge on any atom is 0.338 e. The molecule has 1 fully saturated rings. The Labute approximate surface area is 155 Å². The van der Waals surface area contributed by atoms with Gasteiger partial charge in [-0.05, 0) is 42.8 Å². The fourth-order valence-electron chi connectivity index (χ4n) is 2.70. The van der Waals surface area contributed by atoms with Crippen molar-refractivity contribution in [1.82, 2.24) is 0 Å². The molecule has 0 aliphatic carbocycles. The largest absolute Gasteiger partial charge is 0.452 e. The van der Waals surface area contributed by atoms with Crippen LogP contribution in [0.2, 0.25) is 5.02 Å². The van der Waals surface area contributed by atoms with E-state index in [9.17, 15) is 14.4 Å². The van der Waals surface area contributed by atoms with E-state index < -0.39 is 18.5 Å². The molecule has 2 amide bonds. The highest BCUT2D eigenvalue weighted by Gasteiger charge is 2.22. The molecule has 0 spiro atoms. The molecular weight excluding hydrogens is 356 g/mol. The molecule has 2 aromatic carbocycles. The lowest BCUT2D eigenvalue weighted by Crippen LogP contribution is -2.24. The molecule has 1 aliphatic heterocycles. The first-order chi connectivity index (χ1) is 12.5. The molecular formula is C19H17ClN2O4. The Balaban J connectivity index is 1.58. The summed E-state index contributed by atoms with van der Waals surface area (Å²) in [6.45, 7) is 0.220. The minimum Gasteiger partial charge on any atom is -0.452 e. The number of halogens is 1. The average molecular weight is 373 g/mol. The highest BCUT2D eigenvalue weighted by molar-refractivity contribution is 6.30. The molecule has 1 aliphatic rings. The summed E-state index contributed by atoms with van der Waals surface area (Å²) in [5.74, 6) is -1.05. The summed E-state index contributed by atoms with van der Waals surface area (Å²) in [6.07, 6.45) is 1.32. The van der Waals surface area contributed by atoms with E-state index in [0.717, 1.165) is 6.42 Å². The second-order valence-corrected chi connectivity index (χ2v) is 6.27. The van der Waals surface area contributed by atoms with Crippen molar-refractivity contribution in [3.05, 3.63) is 59.1 Å². The van der Waals surface area contributed by atoms with E-state index in [0.29, 0.717) is 29.4 Å². The van der Waals surface area contributed by atoms with Gasteiger partial charge in [0.2, 0.25) is 5.91 Å². The summed E-state index contributed by atoms with van der Waals surface area (Å²) in [4.78, 5) is 37.5. The smallest absolute Gasteiger partial charge is 0.338 e. The SMILES string of the molecule is O=C(COC(=O)c1cccc(N2CCCC2=O)c1)Nc1cccc(Cl)c1. The third kappa shape index (κ3) is 4.40. The van der Waals surface area contributed by atoms with Gasteiger partial charge in [0.05, 0.1) is 5.56 Å². The second kappa shape index (κ2) is 8.01. The number of hydrogen-bond acceptors (Lipinski definition) is 4. The second-order valence-electron chi connectivity index (χ2n) is 5.83. The molecule has 6 nitrogen and oxygen atoms in total. The fourth-order valence-corrected chi connectivity index (χ4v) is 2.89. The minimum absolute atomic E-state index is 0.0383. The minimum atomic E-state index is -0.625. The number of nitrogens with zero attached hydrogens (tertiary/aromatic N) is 1. The molecule has 0 atom stereocenters. The summed E-state index contributed by atoms with van der Waals surface area (Å²) >= 11 is 5.85. The van der Waals surface area contributed by atoms with Crippen LogP contribution in [-0.2, 0) is 14.3 Å². The maximum atomic E-state index is 12.2. The predicted octanol–water partition coefficient (Wildman–Crippen LogP) is 3.26. The van der Waals surface area contributed by atoms with Crippen LogP contribution in [-0.4, -0.2) is 30.9 Å². The highest BCUT2D eigenvalue weighted by Crippen LogP contribution is 2.22. The first kappa shape index (κ1) is 17.9. The zero-order chi connectivity index (χ0) is 18.5. The lowest BCUT2D eigenvalue weighted by molar-refractivity contribution is -0.119. The van der Waals surface area contributed by atoms with E-state index in [-0.39, 0.29) is 11.5 Å². The zero-order valence-electron chi connectivity index (χ0n) is 13.9. The molecule has 1 saturated heterocycles.